The van der Waals surface area contributed by atoms with E-state index in [1.165, 1.54) is 5.56 Å². The highest BCUT2D eigenvalue weighted by atomic mass is 16.5. The monoisotopic (exact) mass is 349 g/mol. The molecule has 26 heavy (non-hydrogen) atoms. The first kappa shape index (κ1) is 16.7. The van der Waals surface area contributed by atoms with Crippen molar-refractivity contribution in [1.82, 2.24) is 0 Å². The molecule has 0 saturated heterocycles. The maximum atomic E-state index is 11.9. The van der Waals surface area contributed by atoms with Crippen LogP contribution in [0.2, 0.25) is 0 Å². The van der Waals surface area contributed by atoms with Crippen molar-refractivity contribution in [2.45, 2.75) is 40.2 Å². The van der Waals surface area contributed by atoms with E-state index in [9.17, 15) is 4.79 Å². The summed E-state index contributed by atoms with van der Waals surface area (Å²) in [6.07, 6.45) is 1.83. The van der Waals surface area contributed by atoms with E-state index in [0.29, 0.717) is 12.3 Å². The van der Waals surface area contributed by atoms with Crippen LogP contribution in [0, 0.1) is 6.92 Å². The van der Waals surface area contributed by atoms with Gasteiger partial charge in [0, 0.05) is 34.8 Å². The number of hydrogen-bond acceptors (Lipinski definition) is 4. The lowest BCUT2D eigenvalue weighted by molar-refractivity contribution is 0.287. The highest BCUT2D eigenvalue weighted by Crippen LogP contribution is 2.37. The number of benzene rings is 2. The Bertz CT molecular complexity index is 1020. The number of rotatable bonds is 3. The van der Waals surface area contributed by atoms with Crippen LogP contribution in [0.15, 0.2) is 45.6 Å². The Hall–Kier alpha value is -2.75. The van der Waals surface area contributed by atoms with E-state index in [0.717, 1.165) is 52.9 Å². The maximum absolute atomic E-state index is 11.9. The van der Waals surface area contributed by atoms with E-state index in [1.807, 2.05) is 6.92 Å². The van der Waals surface area contributed by atoms with Crippen LogP contribution in [0.5, 0.6) is 5.75 Å². The molecule has 0 spiro atoms. The summed E-state index contributed by atoms with van der Waals surface area (Å²) < 4.78 is 11.6. The van der Waals surface area contributed by atoms with Gasteiger partial charge in [-0.15, -0.1) is 0 Å². The molecule has 2 aromatic carbocycles. The van der Waals surface area contributed by atoms with Crippen LogP contribution in [-0.2, 0) is 19.4 Å². The molecule has 1 aliphatic heterocycles. The normalized spacial score (nSPS) is 13.6. The summed E-state index contributed by atoms with van der Waals surface area (Å²) >= 11 is 0. The van der Waals surface area contributed by atoms with Crippen molar-refractivity contribution in [1.29, 1.82) is 0 Å². The lowest BCUT2D eigenvalue weighted by Crippen LogP contribution is -2.32. The molecule has 0 fully saturated rings. The SMILES string of the molecule is CCc1ccc(N2COc3c(cc4c(CC)cc(=O)oc4c3C)C2)cc1. The van der Waals surface area contributed by atoms with Gasteiger partial charge in [-0.2, -0.15) is 0 Å². The molecule has 4 nitrogen and oxygen atoms in total. The van der Waals surface area contributed by atoms with E-state index < -0.39 is 0 Å². The fourth-order valence-electron chi connectivity index (χ4n) is 3.68. The lowest BCUT2D eigenvalue weighted by atomic mass is 9.99. The Morgan fingerprint density at radius 2 is 1.85 bits per heavy atom. The zero-order chi connectivity index (χ0) is 18.3. The number of aryl methyl sites for hydroxylation is 3. The Morgan fingerprint density at radius 3 is 2.54 bits per heavy atom. The van der Waals surface area contributed by atoms with Gasteiger partial charge < -0.3 is 14.1 Å². The smallest absolute Gasteiger partial charge is 0.336 e. The summed E-state index contributed by atoms with van der Waals surface area (Å²) in [4.78, 5) is 14.1. The lowest BCUT2D eigenvalue weighted by Gasteiger charge is -2.32. The fraction of sp³-hybridized carbons (Fsp3) is 0.318. The van der Waals surface area contributed by atoms with Gasteiger partial charge in [0.2, 0.25) is 0 Å². The Morgan fingerprint density at radius 1 is 1.08 bits per heavy atom. The minimum atomic E-state index is -0.300. The summed E-state index contributed by atoms with van der Waals surface area (Å²) in [5, 5.41) is 1.01. The van der Waals surface area contributed by atoms with Gasteiger partial charge in [0.25, 0.3) is 0 Å². The van der Waals surface area contributed by atoms with Crippen molar-refractivity contribution in [2.24, 2.45) is 0 Å². The first-order valence-electron chi connectivity index (χ1n) is 9.16. The van der Waals surface area contributed by atoms with E-state index in [1.54, 1.807) is 6.07 Å². The molecule has 4 rings (SSSR count). The number of ether oxygens (including phenoxy) is 1. The number of nitrogens with zero attached hydrogens (tertiary/aromatic N) is 1. The van der Waals surface area contributed by atoms with Crippen molar-refractivity contribution < 1.29 is 9.15 Å². The highest BCUT2D eigenvalue weighted by Gasteiger charge is 2.23. The predicted octanol–water partition coefficient (Wildman–Crippen LogP) is 4.58. The minimum Gasteiger partial charge on any atom is -0.472 e. The third-order valence-corrected chi connectivity index (χ3v) is 5.19. The molecule has 0 aliphatic carbocycles. The largest absolute Gasteiger partial charge is 0.472 e. The van der Waals surface area contributed by atoms with Crippen molar-refractivity contribution in [2.75, 3.05) is 11.6 Å². The van der Waals surface area contributed by atoms with E-state index >= 15 is 0 Å². The van der Waals surface area contributed by atoms with E-state index in [2.05, 4.69) is 49.1 Å². The third kappa shape index (κ3) is 2.75. The fourth-order valence-corrected chi connectivity index (χ4v) is 3.68. The molecule has 4 heteroatoms. The average molecular weight is 349 g/mol. The van der Waals surface area contributed by atoms with Crippen molar-refractivity contribution in [3.05, 3.63) is 69.1 Å². The molecule has 0 atom stereocenters. The maximum Gasteiger partial charge on any atom is 0.336 e. The Kier molecular flexibility index (Phi) is 4.19. The molecule has 3 aromatic rings. The van der Waals surface area contributed by atoms with Gasteiger partial charge in [-0.05, 0) is 49.1 Å². The molecule has 0 radical (unpaired) electrons. The topological polar surface area (TPSA) is 42.7 Å². The molecule has 0 bridgehead atoms. The van der Waals surface area contributed by atoms with Gasteiger partial charge in [-0.25, -0.2) is 4.79 Å². The molecular weight excluding hydrogens is 326 g/mol. The zero-order valence-electron chi connectivity index (χ0n) is 15.5. The zero-order valence-corrected chi connectivity index (χ0v) is 15.5. The summed E-state index contributed by atoms with van der Waals surface area (Å²) in [5.41, 5.74) is 5.89. The summed E-state index contributed by atoms with van der Waals surface area (Å²) in [6.45, 7) is 7.45. The molecule has 1 aromatic heterocycles. The molecular formula is C22H23NO3. The molecule has 0 amide bonds. The van der Waals surface area contributed by atoms with Gasteiger partial charge in [-0.1, -0.05) is 26.0 Å². The second-order valence-electron chi connectivity index (χ2n) is 6.80. The van der Waals surface area contributed by atoms with Gasteiger partial charge in [0.15, 0.2) is 6.73 Å². The first-order chi connectivity index (χ1) is 12.6. The number of anilines is 1. The van der Waals surface area contributed by atoms with Crippen LogP contribution in [-0.4, -0.2) is 6.73 Å². The number of fused-ring (bicyclic) bond motifs is 2. The van der Waals surface area contributed by atoms with Crippen LogP contribution < -0.4 is 15.3 Å². The Labute approximate surface area is 153 Å². The predicted molar refractivity (Wildman–Crippen MR) is 104 cm³/mol. The average Bonchev–Trinajstić information content (AvgIpc) is 2.68. The van der Waals surface area contributed by atoms with Crippen molar-refractivity contribution in [3.63, 3.8) is 0 Å². The minimum absolute atomic E-state index is 0.300. The molecule has 0 N–H and O–H groups in total. The van der Waals surface area contributed by atoms with Crippen LogP contribution in [0.1, 0.15) is 36.1 Å². The quantitative estimate of drug-likeness (QED) is 0.649. The van der Waals surface area contributed by atoms with Crippen molar-refractivity contribution >= 4 is 16.7 Å². The molecule has 2 heterocycles. The van der Waals surface area contributed by atoms with Crippen LogP contribution in [0.4, 0.5) is 5.69 Å². The van der Waals surface area contributed by atoms with Crippen molar-refractivity contribution in [3.8, 4) is 5.75 Å². The summed E-state index contributed by atoms with van der Waals surface area (Å²) in [7, 11) is 0. The van der Waals surface area contributed by atoms with Crippen LogP contribution in [0.25, 0.3) is 11.0 Å². The van der Waals surface area contributed by atoms with Crippen LogP contribution in [0.3, 0.4) is 0 Å². The second-order valence-corrected chi connectivity index (χ2v) is 6.80. The standard InChI is InChI=1S/C22H23NO3/c1-4-15-6-8-18(9-7-15)23-12-17-10-19-16(5-2)11-20(24)26-22(19)14(3)21(17)25-13-23/h6-11H,4-5,12-13H2,1-3H3. The highest BCUT2D eigenvalue weighted by molar-refractivity contribution is 5.86. The molecule has 134 valence electrons. The Balaban J connectivity index is 1.77. The number of hydrogen-bond donors (Lipinski definition) is 0. The van der Waals surface area contributed by atoms with E-state index in [-0.39, 0.29) is 5.63 Å². The summed E-state index contributed by atoms with van der Waals surface area (Å²) in [6, 6.07) is 12.3. The second kappa shape index (κ2) is 6.52. The van der Waals surface area contributed by atoms with Gasteiger partial charge in [0.05, 0.1) is 0 Å². The van der Waals surface area contributed by atoms with Crippen LogP contribution >= 0.6 is 0 Å². The molecule has 0 saturated carbocycles. The van der Waals surface area contributed by atoms with Gasteiger partial charge in [0.1, 0.15) is 11.3 Å². The van der Waals surface area contributed by atoms with E-state index in [4.69, 9.17) is 9.15 Å². The third-order valence-electron chi connectivity index (χ3n) is 5.19. The van der Waals surface area contributed by atoms with Gasteiger partial charge in [-0.3, -0.25) is 0 Å². The van der Waals surface area contributed by atoms with Gasteiger partial charge >= 0.3 is 5.63 Å². The first-order valence-corrected chi connectivity index (χ1v) is 9.16. The summed E-state index contributed by atoms with van der Waals surface area (Å²) in [5.74, 6) is 0.843. The molecule has 1 aliphatic rings. The molecule has 0 unspecified atom stereocenters.